The fourth-order valence-electron chi connectivity index (χ4n) is 28.8. The number of ether oxygens (including phenoxy) is 1. The summed E-state index contributed by atoms with van der Waals surface area (Å²) in [6.45, 7) is 28.2. The Kier molecular flexibility index (Phi) is 16.1. The van der Waals surface area contributed by atoms with Gasteiger partial charge in [-0.25, -0.2) is 0 Å². The van der Waals surface area contributed by atoms with Crippen molar-refractivity contribution in [2.24, 2.45) is 144 Å². The van der Waals surface area contributed by atoms with Gasteiger partial charge in [-0.15, -0.1) is 0 Å². The van der Waals surface area contributed by atoms with Gasteiger partial charge in [-0.2, -0.15) is 5.26 Å². The highest BCUT2D eigenvalue weighted by Crippen LogP contribution is 2.73. The van der Waals surface area contributed by atoms with Gasteiger partial charge in [0.15, 0.2) is 0 Å². The number of epoxide rings is 1. The third-order valence-corrected chi connectivity index (χ3v) is 35.2. The lowest BCUT2D eigenvalue weighted by molar-refractivity contribution is -0.121. The van der Waals surface area contributed by atoms with E-state index in [-0.39, 0.29) is 24.4 Å². The molecule has 482 valence electrons. The van der Waals surface area contributed by atoms with Crippen LogP contribution in [0.25, 0.3) is 0 Å². The average Bonchev–Trinajstić information content (AvgIpc) is 1.51. The van der Waals surface area contributed by atoms with Gasteiger partial charge in [0.2, 0.25) is 0 Å². The van der Waals surface area contributed by atoms with Crippen LogP contribution in [0.15, 0.2) is 23.8 Å². The first-order valence-electron chi connectivity index (χ1n) is 37.9. The first-order chi connectivity index (χ1) is 40.8. The second-order valence-corrected chi connectivity index (χ2v) is 38.0. The van der Waals surface area contributed by atoms with Crippen LogP contribution in [0.3, 0.4) is 0 Å². The highest BCUT2D eigenvalue weighted by molar-refractivity contribution is 5.24. The molecule has 0 unspecified atom stereocenters. The van der Waals surface area contributed by atoms with Crippen molar-refractivity contribution in [3.63, 3.8) is 0 Å². The van der Waals surface area contributed by atoms with Gasteiger partial charge in [0.1, 0.15) is 0 Å². The van der Waals surface area contributed by atoms with Crippen LogP contribution in [0.4, 0.5) is 0 Å². The number of aliphatic hydroxyl groups is 4. The topological polar surface area (TPSA) is 117 Å². The molecular formula is C80H127NO5. The van der Waals surface area contributed by atoms with Gasteiger partial charge in [-0.1, -0.05) is 79.2 Å². The number of hydrogen-bond acceptors (Lipinski definition) is 6. The predicted octanol–water partition coefficient (Wildman–Crippen LogP) is 18.6. The molecule has 4 N–H and O–H groups in total. The van der Waals surface area contributed by atoms with Crippen molar-refractivity contribution in [1.82, 2.24) is 0 Å². The molecule has 0 aromatic carbocycles. The Morgan fingerprint density at radius 2 is 0.826 bits per heavy atom. The van der Waals surface area contributed by atoms with Crippen LogP contribution in [0.2, 0.25) is 0 Å². The number of nitrogens with zero attached hydrogens (tertiary/aromatic N) is 1. The minimum Gasteiger partial charge on any atom is -0.393 e. The number of aliphatic hydroxyl groups excluding tert-OH is 4. The summed E-state index contributed by atoms with van der Waals surface area (Å²) in [6, 6.07) is 2.64. The van der Waals surface area contributed by atoms with Crippen molar-refractivity contribution in [1.29, 1.82) is 5.26 Å². The molecule has 6 nitrogen and oxygen atoms in total. The van der Waals surface area contributed by atoms with E-state index in [0.717, 1.165) is 159 Å². The zero-order valence-electron chi connectivity index (χ0n) is 56.5. The van der Waals surface area contributed by atoms with Crippen LogP contribution in [0.1, 0.15) is 287 Å². The van der Waals surface area contributed by atoms with Crippen LogP contribution in [0, 0.1) is 155 Å². The summed E-state index contributed by atoms with van der Waals surface area (Å²) >= 11 is 0. The SMILES string of the molecule is C=C1CC[C@H]2C[C@@H]3[C@H](CC[C@@H]4C[C@@H](O)CC[C@]43C)C[C@]12C.CC1=CC[C@H]2C[C@@H]3[C@H](CC[C@@H]4C[C@@H](O)CC[C@]43C)C[C@]12C.C[C@@]12CC[C@H](O)C[C@H]1CC[C@@H]1C[C@@]3(C)[C@@H](CC[C@@]34CO4)C[C@H]12.C[C@]12C[C@H]3CC[C@@H]4C[C@@H](O)CC[C@@]4(C)[C@@H]3C[C@@H]1CC[C@@H]2C#N. The smallest absolute Gasteiger partial charge is 0.0972 e. The van der Waals surface area contributed by atoms with Gasteiger partial charge in [-0.05, 0) is 364 Å². The molecule has 6 heteroatoms. The van der Waals surface area contributed by atoms with E-state index in [1.54, 1.807) is 11.1 Å². The lowest BCUT2D eigenvalue weighted by Crippen LogP contribution is -2.54. The maximum Gasteiger partial charge on any atom is 0.0972 e. The molecule has 1 heterocycles. The molecular weight excluding hydrogens is 1050 g/mol. The van der Waals surface area contributed by atoms with Crippen LogP contribution >= 0.6 is 0 Å². The van der Waals surface area contributed by atoms with Crippen molar-refractivity contribution in [2.45, 2.75) is 317 Å². The van der Waals surface area contributed by atoms with E-state index in [9.17, 15) is 25.7 Å². The van der Waals surface area contributed by atoms with Gasteiger partial charge in [0.25, 0.3) is 0 Å². The minimum atomic E-state index is -0.0436. The second-order valence-electron chi connectivity index (χ2n) is 38.0. The standard InChI is InChI=1S/C20H31NO.C20H32O2.2C20H32O/c1-19-8-7-17(22)9-14(19)4-3-13-11-20(2)15(10-18(13)19)5-6-16(20)12-21;1-18-7-6-16(21)9-14(18)4-3-13-11-19(2)15(10-17(13)18)5-8-20(19)12-22-20;2*1-13-4-6-16-11-18-14(12-20(13,16)3)5-7-15-10-17(21)8-9-19(15,18)2/h13-18,22H,3-11H2,1-2H3;13-17,21H,3-12H2,1-2H3;4,14-18,21H,5-12H2,1-3H3;14-18,21H,1,4-12H2,2-3H3/t13-,14-,15+,16-,17+,18-,19-,20+;13-,14-,15+,16+,17-,18-,19+,20-;2*14-,15-,16+,17+,18-,19-,20-/m1111/s1. The van der Waals surface area contributed by atoms with E-state index in [1.807, 2.05) is 0 Å². The molecule has 0 aromatic rings. The van der Waals surface area contributed by atoms with Gasteiger partial charge in [0.05, 0.1) is 48.6 Å². The summed E-state index contributed by atoms with van der Waals surface area (Å²) < 4.78 is 6.02. The fraction of sp³-hybridized carbons (Fsp3) is 0.938. The molecule has 17 rings (SSSR count). The summed E-state index contributed by atoms with van der Waals surface area (Å²) in [6.07, 6.45) is 47.4. The maximum atomic E-state index is 10.1. The number of nitriles is 1. The monoisotopic (exact) mass is 1180 g/mol. The van der Waals surface area contributed by atoms with Crippen molar-refractivity contribution in [2.75, 3.05) is 6.61 Å². The van der Waals surface area contributed by atoms with Crippen molar-refractivity contribution < 1.29 is 25.2 Å². The van der Waals surface area contributed by atoms with Crippen molar-refractivity contribution >= 4 is 0 Å². The number of hydrogen-bond donors (Lipinski definition) is 4. The van der Waals surface area contributed by atoms with Gasteiger partial charge in [-0.3, -0.25) is 0 Å². The first-order valence-corrected chi connectivity index (χ1v) is 37.9. The van der Waals surface area contributed by atoms with E-state index < -0.39 is 0 Å². The molecule has 0 aromatic heterocycles. The van der Waals surface area contributed by atoms with Crippen molar-refractivity contribution in [3.05, 3.63) is 23.8 Å². The third kappa shape index (κ3) is 9.79. The normalized spacial score (nSPS) is 58.3. The Morgan fingerprint density at radius 3 is 1.29 bits per heavy atom. The fourth-order valence-corrected chi connectivity index (χ4v) is 28.8. The Morgan fingerprint density at radius 1 is 0.430 bits per heavy atom. The number of fused-ring (bicyclic) bond motifs is 17. The van der Waals surface area contributed by atoms with E-state index in [1.165, 1.54) is 167 Å². The number of rotatable bonds is 0. The Labute approximate surface area is 525 Å². The Balaban J connectivity index is 0.000000101. The molecule has 1 spiro atoms. The van der Waals surface area contributed by atoms with E-state index in [0.29, 0.717) is 54.8 Å². The molecule has 86 heavy (non-hydrogen) atoms. The molecule has 0 radical (unpaired) electrons. The molecule has 0 amide bonds. The molecule has 15 saturated carbocycles. The lowest BCUT2D eigenvalue weighted by Gasteiger charge is -2.60. The van der Waals surface area contributed by atoms with Crippen LogP contribution < -0.4 is 0 Å². The molecule has 17 aliphatic rings. The molecule has 30 atom stereocenters. The van der Waals surface area contributed by atoms with Gasteiger partial charge in [0, 0.05) is 5.41 Å². The maximum absolute atomic E-state index is 10.1. The summed E-state index contributed by atoms with van der Waals surface area (Å²) in [4.78, 5) is 0. The Hall–Kier alpha value is -1.23. The quantitative estimate of drug-likeness (QED) is 0.142. The van der Waals surface area contributed by atoms with E-state index >= 15 is 0 Å². The zero-order valence-corrected chi connectivity index (χ0v) is 56.5. The van der Waals surface area contributed by atoms with Gasteiger partial charge < -0.3 is 25.2 Å². The minimum absolute atomic E-state index is 0.0103. The van der Waals surface area contributed by atoms with Crippen LogP contribution in [-0.2, 0) is 4.74 Å². The summed E-state index contributed by atoms with van der Waals surface area (Å²) in [5.74, 6) is 14.2. The van der Waals surface area contributed by atoms with Crippen LogP contribution in [-0.4, -0.2) is 57.0 Å². The first kappa shape index (κ1) is 62.2. The zero-order chi connectivity index (χ0) is 60.4. The largest absolute Gasteiger partial charge is 0.393 e. The Bertz CT molecular complexity index is 2590. The van der Waals surface area contributed by atoms with E-state index in [2.05, 4.69) is 81.0 Å². The molecule has 16 fully saturated rings. The van der Waals surface area contributed by atoms with Crippen LogP contribution in [0.5, 0.6) is 0 Å². The summed E-state index contributed by atoms with van der Waals surface area (Å²) in [5, 5.41) is 49.9. The van der Waals surface area contributed by atoms with Crippen molar-refractivity contribution in [3.8, 4) is 6.07 Å². The molecule has 1 aliphatic heterocycles. The third-order valence-electron chi connectivity index (χ3n) is 35.2. The highest BCUT2D eigenvalue weighted by Gasteiger charge is 2.70. The molecule has 1 saturated heterocycles. The summed E-state index contributed by atoms with van der Waals surface area (Å²) in [7, 11) is 0. The number of allylic oxidation sites excluding steroid dienone is 3. The lowest BCUT2D eigenvalue weighted by atomic mass is 9.45. The highest BCUT2D eigenvalue weighted by atomic mass is 16.6. The average molecular weight is 1180 g/mol. The van der Waals surface area contributed by atoms with E-state index in [4.69, 9.17) is 4.74 Å². The van der Waals surface area contributed by atoms with Gasteiger partial charge >= 0.3 is 0 Å². The molecule has 0 bridgehead atoms. The second kappa shape index (κ2) is 22.2. The molecule has 16 aliphatic carbocycles. The predicted molar refractivity (Wildman–Crippen MR) is 347 cm³/mol. The summed E-state index contributed by atoms with van der Waals surface area (Å²) in [5.41, 5.74) is 7.30.